The molecular formula is C23H29N3O. The SMILES string of the molecule is CCCCc1nc(NCCc2ccccc2)c(C#N)c2c1COC(C)(C)C2. The fourth-order valence-corrected chi connectivity index (χ4v) is 3.61. The van der Waals surface area contributed by atoms with E-state index >= 15 is 0 Å². The first kappa shape index (κ1) is 19.4. The number of benzene rings is 1. The van der Waals surface area contributed by atoms with E-state index in [9.17, 15) is 5.26 Å². The number of rotatable bonds is 7. The molecule has 0 spiro atoms. The fraction of sp³-hybridized carbons (Fsp3) is 0.478. The van der Waals surface area contributed by atoms with E-state index in [1.165, 1.54) is 5.56 Å². The third kappa shape index (κ3) is 4.67. The summed E-state index contributed by atoms with van der Waals surface area (Å²) in [5.41, 5.74) is 5.06. The predicted molar refractivity (Wildman–Crippen MR) is 109 cm³/mol. The van der Waals surface area contributed by atoms with Crippen molar-refractivity contribution >= 4 is 5.82 Å². The summed E-state index contributed by atoms with van der Waals surface area (Å²) in [4.78, 5) is 4.86. The molecule has 27 heavy (non-hydrogen) atoms. The molecular weight excluding hydrogens is 334 g/mol. The van der Waals surface area contributed by atoms with Gasteiger partial charge in [-0.3, -0.25) is 0 Å². The third-order valence-electron chi connectivity index (χ3n) is 5.14. The molecule has 0 fully saturated rings. The molecule has 1 aliphatic rings. The van der Waals surface area contributed by atoms with Gasteiger partial charge in [0.15, 0.2) is 0 Å². The normalized spacial score (nSPS) is 15.0. The van der Waals surface area contributed by atoms with Crippen molar-refractivity contribution in [2.75, 3.05) is 11.9 Å². The maximum Gasteiger partial charge on any atom is 0.144 e. The minimum absolute atomic E-state index is 0.247. The highest BCUT2D eigenvalue weighted by Gasteiger charge is 2.31. The smallest absolute Gasteiger partial charge is 0.144 e. The summed E-state index contributed by atoms with van der Waals surface area (Å²) in [5.74, 6) is 0.732. The largest absolute Gasteiger partial charge is 0.370 e. The third-order valence-corrected chi connectivity index (χ3v) is 5.14. The molecule has 142 valence electrons. The molecule has 0 radical (unpaired) electrons. The zero-order valence-electron chi connectivity index (χ0n) is 16.6. The van der Waals surface area contributed by atoms with Crippen molar-refractivity contribution in [1.82, 2.24) is 4.98 Å². The second kappa shape index (κ2) is 8.54. The summed E-state index contributed by atoms with van der Waals surface area (Å²) in [7, 11) is 0. The zero-order valence-corrected chi connectivity index (χ0v) is 16.6. The molecule has 1 aromatic carbocycles. The van der Waals surface area contributed by atoms with Crippen LogP contribution in [0.5, 0.6) is 0 Å². The lowest BCUT2D eigenvalue weighted by molar-refractivity contribution is -0.0407. The van der Waals surface area contributed by atoms with Crippen molar-refractivity contribution < 1.29 is 4.74 Å². The molecule has 0 amide bonds. The molecule has 3 rings (SSSR count). The highest BCUT2D eigenvalue weighted by molar-refractivity contribution is 5.60. The van der Waals surface area contributed by atoms with Gasteiger partial charge in [0.1, 0.15) is 11.9 Å². The van der Waals surface area contributed by atoms with Crippen molar-refractivity contribution in [1.29, 1.82) is 5.26 Å². The number of aromatic nitrogens is 1. The van der Waals surface area contributed by atoms with Gasteiger partial charge in [-0.1, -0.05) is 43.7 Å². The number of nitrogens with zero attached hydrogens (tertiary/aromatic N) is 2. The summed E-state index contributed by atoms with van der Waals surface area (Å²) in [6.07, 6.45) is 4.81. The van der Waals surface area contributed by atoms with E-state index in [4.69, 9.17) is 9.72 Å². The summed E-state index contributed by atoms with van der Waals surface area (Å²) in [5, 5.41) is 13.3. The number of unbranched alkanes of at least 4 members (excludes halogenated alkanes) is 1. The Morgan fingerprint density at radius 2 is 1.96 bits per heavy atom. The Balaban J connectivity index is 1.88. The number of hydrogen-bond acceptors (Lipinski definition) is 4. The van der Waals surface area contributed by atoms with Crippen LogP contribution in [0.25, 0.3) is 0 Å². The maximum absolute atomic E-state index is 9.86. The van der Waals surface area contributed by atoms with Crippen molar-refractivity contribution in [3.8, 4) is 6.07 Å². The van der Waals surface area contributed by atoms with Gasteiger partial charge >= 0.3 is 0 Å². The van der Waals surface area contributed by atoms with E-state index in [2.05, 4.69) is 56.4 Å². The average Bonchev–Trinajstić information content (AvgIpc) is 2.66. The van der Waals surface area contributed by atoms with Gasteiger partial charge in [-0.2, -0.15) is 5.26 Å². The molecule has 0 saturated carbocycles. The number of pyridine rings is 1. The van der Waals surface area contributed by atoms with E-state index in [1.54, 1.807) is 0 Å². The van der Waals surface area contributed by atoms with Gasteiger partial charge < -0.3 is 10.1 Å². The molecule has 2 heterocycles. The first-order valence-electron chi connectivity index (χ1n) is 9.90. The minimum Gasteiger partial charge on any atom is -0.370 e. The number of nitriles is 1. The second-order valence-corrected chi connectivity index (χ2v) is 7.84. The molecule has 4 nitrogen and oxygen atoms in total. The van der Waals surface area contributed by atoms with Crippen LogP contribution in [0.1, 0.15) is 61.6 Å². The van der Waals surface area contributed by atoms with Crippen molar-refractivity contribution in [2.45, 2.75) is 65.1 Å². The van der Waals surface area contributed by atoms with E-state index in [0.29, 0.717) is 12.2 Å². The van der Waals surface area contributed by atoms with Crippen LogP contribution in [0.2, 0.25) is 0 Å². The van der Waals surface area contributed by atoms with Crippen LogP contribution in [-0.4, -0.2) is 17.1 Å². The topological polar surface area (TPSA) is 57.9 Å². The van der Waals surface area contributed by atoms with Gasteiger partial charge in [0, 0.05) is 24.2 Å². The molecule has 1 aromatic heterocycles. The lowest BCUT2D eigenvalue weighted by atomic mass is 9.87. The van der Waals surface area contributed by atoms with Crippen molar-refractivity contribution in [3.63, 3.8) is 0 Å². The number of ether oxygens (including phenoxy) is 1. The number of nitrogens with one attached hydrogen (secondary N) is 1. The van der Waals surface area contributed by atoms with Crippen LogP contribution < -0.4 is 5.32 Å². The molecule has 0 saturated heterocycles. The predicted octanol–water partition coefficient (Wildman–Crippen LogP) is 4.80. The summed E-state index contributed by atoms with van der Waals surface area (Å²) in [6, 6.07) is 12.8. The molecule has 0 unspecified atom stereocenters. The Labute approximate surface area is 162 Å². The second-order valence-electron chi connectivity index (χ2n) is 7.84. The number of anilines is 1. The summed E-state index contributed by atoms with van der Waals surface area (Å²) >= 11 is 0. The van der Waals surface area contributed by atoms with Crippen molar-refractivity contribution in [3.05, 3.63) is 58.3 Å². The van der Waals surface area contributed by atoms with Crippen LogP contribution in [-0.2, 0) is 30.6 Å². The molecule has 0 atom stereocenters. The Morgan fingerprint density at radius 3 is 2.67 bits per heavy atom. The van der Waals surface area contributed by atoms with E-state index in [1.807, 2.05) is 6.07 Å². The minimum atomic E-state index is -0.247. The quantitative estimate of drug-likeness (QED) is 0.767. The van der Waals surface area contributed by atoms with Gasteiger partial charge in [0.2, 0.25) is 0 Å². The Bertz CT molecular complexity index is 822. The lowest BCUT2D eigenvalue weighted by Gasteiger charge is -2.33. The maximum atomic E-state index is 9.86. The summed E-state index contributed by atoms with van der Waals surface area (Å²) in [6.45, 7) is 7.68. The zero-order chi connectivity index (χ0) is 19.3. The first-order chi connectivity index (χ1) is 13.0. The van der Waals surface area contributed by atoms with Crippen LogP contribution >= 0.6 is 0 Å². The monoisotopic (exact) mass is 363 g/mol. The molecule has 0 bridgehead atoms. The standard InChI is InChI=1S/C23H29N3O/c1-4-5-11-21-20-16-27-23(2,3)14-18(20)19(15-24)22(26-21)25-13-12-17-9-7-6-8-10-17/h6-10H,4-5,11-14,16H2,1-3H3,(H,25,26). The highest BCUT2D eigenvalue weighted by Crippen LogP contribution is 2.34. The van der Waals surface area contributed by atoms with Gasteiger partial charge in [0.25, 0.3) is 0 Å². The van der Waals surface area contributed by atoms with Gasteiger partial charge in [-0.05, 0) is 44.2 Å². The number of fused-ring (bicyclic) bond motifs is 1. The van der Waals surface area contributed by atoms with Crippen LogP contribution in [0.15, 0.2) is 30.3 Å². The van der Waals surface area contributed by atoms with Gasteiger partial charge in [0.05, 0.1) is 17.8 Å². The Kier molecular flexibility index (Phi) is 6.13. The fourth-order valence-electron chi connectivity index (χ4n) is 3.61. The number of aryl methyl sites for hydroxylation is 1. The van der Waals surface area contributed by atoms with Crippen LogP contribution in [0, 0.1) is 11.3 Å². The summed E-state index contributed by atoms with van der Waals surface area (Å²) < 4.78 is 6.02. The Hall–Kier alpha value is -2.38. The van der Waals surface area contributed by atoms with Crippen molar-refractivity contribution in [2.24, 2.45) is 0 Å². The number of hydrogen-bond donors (Lipinski definition) is 1. The highest BCUT2D eigenvalue weighted by atomic mass is 16.5. The average molecular weight is 364 g/mol. The van der Waals surface area contributed by atoms with E-state index in [-0.39, 0.29) is 5.60 Å². The van der Waals surface area contributed by atoms with E-state index < -0.39 is 0 Å². The lowest BCUT2D eigenvalue weighted by Crippen LogP contribution is -2.33. The van der Waals surface area contributed by atoms with Crippen LogP contribution in [0.4, 0.5) is 5.82 Å². The molecule has 2 aromatic rings. The van der Waals surface area contributed by atoms with Gasteiger partial charge in [-0.15, -0.1) is 0 Å². The molecule has 4 heteroatoms. The van der Waals surface area contributed by atoms with E-state index in [0.717, 1.165) is 61.3 Å². The Morgan fingerprint density at radius 1 is 1.19 bits per heavy atom. The first-order valence-corrected chi connectivity index (χ1v) is 9.90. The van der Waals surface area contributed by atoms with Gasteiger partial charge in [-0.25, -0.2) is 4.98 Å². The molecule has 1 N–H and O–H groups in total. The molecule has 1 aliphatic heterocycles. The molecule has 0 aliphatic carbocycles. The van der Waals surface area contributed by atoms with Crippen LogP contribution in [0.3, 0.4) is 0 Å².